The van der Waals surface area contributed by atoms with Crippen molar-refractivity contribution in [1.29, 1.82) is 0 Å². The molecule has 3 rings (SSSR count). The third-order valence-corrected chi connectivity index (χ3v) is 7.61. The van der Waals surface area contributed by atoms with Crippen LogP contribution in [0.2, 0.25) is 0 Å². The summed E-state index contributed by atoms with van der Waals surface area (Å²) in [6.45, 7) is 4.20. The summed E-state index contributed by atoms with van der Waals surface area (Å²) in [5.74, 6) is 0. The molecule has 21 heavy (non-hydrogen) atoms. The highest BCUT2D eigenvalue weighted by atomic mass is 32.2. The molecule has 2 aliphatic carbocycles. The highest BCUT2D eigenvalue weighted by Gasteiger charge is 2.53. The molecular weight excluding hydrogens is 304 g/mol. The average Bonchev–Trinajstić information content (AvgIpc) is 2.95. The van der Waals surface area contributed by atoms with E-state index in [9.17, 15) is 8.42 Å². The summed E-state index contributed by atoms with van der Waals surface area (Å²) in [4.78, 5) is 6.04. The zero-order chi connectivity index (χ0) is 15.3. The Morgan fingerprint density at radius 1 is 1.38 bits per heavy atom. The van der Waals surface area contributed by atoms with Crippen molar-refractivity contribution in [3.63, 3.8) is 0 Å². The van der Waals surface area contributed by atoms with E-state index in [0.717, 1.165) is 49.2 Å². The molecule has 4 nitrogen and oxygen atoms in total. The Morgan fingerprint density at radius 2 is 2.10 bits per heavy atom. The molecule has 0 aliphatic heterocycles. The first-order valence-corrected chi connectivity index (χ1v) is 10.6. The molecule has 1 heterocycles. The number of rotatable bonds is 5. The predicted molar refractivity (Wildman–Crippen MR) is 86.5 cm³/mol. The summed E-state index contributed by atoms with van der Waals surface area (Å²) in [5, 5.41) is 4.34. The Bertz CT molecular complexity index is 634. The van der Waals surface area contributed by atoms with E-state index in [1.54, 1.807) is 11.3 Å². The van der Waals surface area contributed by atoms with Gasteiger partial charge >= 0.3 is 0 Å². The van der Waals surface area contributed by atoms with Crippen LogP contribution in [0.4, 0.5) is 0 Å². The van der Waals surface area contributed by atoms with Gasteiger partial charge in [-0.1, -0.05) is 6.92 Å². The lowest BCUT2D eigenvalue weighted by molar-refractivity contribution is 0.336. The van der Waals surface area contributed by atoms with Gasteiger partial charge in [0.15, 0.2) is 9.84 Å². The third-order valence-electron chi connectivity index (χ3n) is 4.75. The molecule has 2 unspecified atom stereocenters. The normalized spacial score (nSPS) is 30.0. The lowest BCUT2D eigenvalue weighted by atomic mass is 9.97. The Balaban J connectivity index is 2.07. The number of hydrogen-bond acceptors (Lipinski definition) is 5. The molecule has 2 aliphatic rings. The zero-order valence-corrected chi connectivity index (χ0v) is 14.6. The number of nitrogens with one attached hydrogen (secondary N) is 1. The molecule has 1 aromatic heterocycles. The molecule has 118 valence electrons. The summed E-state index contributed by atoms with van der Waals surface area (Å²) in [6, 6.07) is 0.474. The minimum atomic E-state index is -3.08. The Kier molecular flexibility index (Phi) is 3.91. The van der Waals surface area contributed by atoms with E-state index in [-0.39, 0.29) is 5.25 Å². The fraction of sp³-hybridized carbons (Fsp3) is 0.800. The van der Waals surface area contributed by atoms with E-state index in [1.807, 2.05) is 0 Å². The molecule has 0 bridgehead atoms. The molecule has 0 amide bonds. The van der Waals surface area contributed by atoms with Gasteiger partial charge in [0.2, 0.25) is 0 Å². The number of aromatic nitrogens is 1. The van der Waals surface area contributed by atoms with Crippen LogP contribution in [0.5, 0.6) is 0 Å². The van der Waals surface area contributed by atoms with E-state index in [4.69, 9.17) is 4.98 Å². The smallest absolute Gasteiger partial charge is 0.152 e. The highest BCUT2D eigenvalue weighted by molar-refractivity contribution is 7.91. The van der Waals surface area contributed by atoms with Crippen LogP contribution in [0.1, 0.15) is 54.6 Å². The van der Waals surface area contributed by atoms with E-state index in [0.29, 0.717) is 6.04 Å². The quantitative estimate of drug-likeness (QED) is 0.902. The van der Waals surface area contributed by atoms with Gasteiger partial charge in [0.25, 0.3) is 0 Å². The SMILES string of the molecule is CCc1nc(C2(NC3CC3)CCCC2S(C)(=O)=O)sc1C. The van der Waals surface area contributed by atoms with Crippen molar-refractivity contribution >= 4 is 21.2 Å². The van der Waals surface area contributed by atoms with E-state index in [1.165, 1.54) is 11.1 Å². The maximum Gasteiger partial charge on any atom is 0.152 e. The molecule has 0 spiro atoms. The minimum absolute atomic E-state index is 0.333. The minimum Gasteiger partial charge on any atom is -0.302 e. The van der Waals surface area contributed by atoms with Crippen LogP contribution >= 0.6 is 11.3 Å². The zero-order valence-electron chi connectivity index (χ0n) is 13.0. The van der Waals surface area contributed by atoms with Gasteiger partial charge in [-0.3, -0.25) is 0 Å². The van der Waals surface area contributed by atoms with Crippen LogP contribution in [0, 0.1) is 6.92 Å². The molecule has 2 saturated carbocycles. The monoisotopic (exact) mass is 328 g/mol. The molecule has 0 saturated heterocycles. The van der Waals surface area contributed by atoms with Crippen LogP contribution in [0.25, 0.3) is 0 Å². The summed E-state index contributed by atoms with van der Waals surface area (Å²) >= 11 is 1.69. The summed E-state index contributed by atoms with van der Waals surface area (Å²) in [7, 11) is -3.08. The molecule has 0 radical (unpaired) electrons. The topological polar surface area (TPSA) is 59.1 Å². The van der Waals surface area contributed by atoms with Crippen molar-refractivity contribution < 1.29 is 8.42 Å². The van der Waals surface area contributed by atoms with E-state index < -0.39 is 15.4 Å². The van der Waals surface area contributed by atoms with E-state index >= 15 is 0 Å². The first-order chi connectivity index (χ1) is 9.87. The lowest BCUT2D eigenvalue weighted by Crippen LogP contribution is -2.52. The molecule has 2 fully saturated rings. The molecule has 1 N–H and O–H groups in total. The Morgan fingerprint density at radius 3 is 2.62 bits per heavy atom. The van der Waals surface area contributed by atoms with Crippen LogP contribution < -0.4 is 5.32 Å². The number of nitrogens with zero attached hydrogens (tertiary/aromatic N) is 1. The summed E-state index contributed by atoms with van der Waals surface area (Å²) < 4.78 is 24.6. The van der Waals surface area contributed by atoms with Gasteiger partial charge in [0.1, 0.15) is 5.01 Å². The Labute approximate surface area is 131 Å². The van der Waals surface area contributed by atoms with Crippen molar-refractivity contribution in [2.24, 2.45) is 0 Å². The van der Waals surface area contributed by atoms with Crippen molar-refractivity contribution in [2.45, 2.75) is 69.2 Å². The molecule has 6 heteroatoms. The van der Waals surface area contributed by atoms with Gasteiger partial charge in [-0.2, -0.15) is 0 Å². The summed E-state index contributed by atoms with van der Waals surface area (Å²) in [6.07, 6.45) is 7.19. The first kappa shape index (κ1) is 15.4. The van der Waals surface area contributed by atoms with E-state index in [2.05, 4.69) is 19.2 Å². The van der Waals surface area contributed by atoms with Crippen molar-refractivity contribution in [2.75, 3.05) is 6.26 Å². The average molecular weight is 329 g/mol. The lowest BCUT2D eigenvalue weighted by Gasteiger charge is -2.34. The second-order valence-corrected chi connectivity index (χ2v) is 9.91. The number of thiazole rings is 1. The molecule has 2 atom stereocenters. The largest absolute Gasteiger partial charge is 0.302 e. The van der Waals surface area contributed by atoms with Crippen LogP contribution in [0.15, 0.2) is 0 Å². The van der Waals surface area contributed by atoms with Crippen molar-refractivity contribution in [3.05, 3.63) is 15.6 Å². The molecule has 0 aromatic carbocycles. The maximum atomic E-state index is 12.3. The third kappa shape index (κ3) is 2.78. The number of aryl methyl sites for hydroxylation is 2. The second-order valence-electron chi connectivity index (χ2n) is 6.48. The van der Waals surface area contributed by atoms with Gasteiger partial charge in [-0.15, -0.1) is 11.3 Å². The summed E-state index contributed by atoms with van der Waals surface area (Å²) in [5.41, 5.74) is 0.670. The maximum absolute atomic E-state index is 12.3. The standard InChI is InChI=1S/C15H24N2O2S2/c1-4-12-10(2)20-14(16-12)15(17-11-7-8-11)9-5-6-13(15)21(3,18)19/h11,13,17H,4-9H2,1-3H3. The number of hydrogen-bond donors (Lipinski definition) is 1. The van der Waals surface area contributed by atoms with Crippen molar-refractivity contribution in [1.82, 2.24) is 10.3 Å². The van der Waals surface area contributed by atoms with Gasteiger partial charge in [-0.05, 0) is 45.4 Å². The van der Waals surface area contributed by atoms with Gasteiger partial charge in [0, 0.05) is 17.2 Å². The molecular formula is C15H24N2O2S2. The predicted octanol–water partition coefficient (Wildman–Crippen LogP) is 2.56. The van der Waals surface area contributed by atoms with Gasteiger partial charge in [0.05, 0.1) is 16.5 Å². The van der Waals surface area contributed by atoms with Gasteiger partial charge in [-0.25, -0.2) is 13.4 Å². The van der Waals surface area contributed by atoms with Crippen molar-refractivity contribution in [3.8, 4) is 0 Å². The van der Waals surface area contributed by atoms with Gasteiger partial charge < -0.3 is 5.32 Å². The highest BCUT2D eigenvalue weighted by Crippen LogP contribution is 2.46. The fourth-order valence-electron chi connectivity index (χ4n) is 3.56. The first-order valence-electron chi connectivity index (χ1n) is 7.80. The second kappa shape index (κ2) is 5.32. The molecule has 1 aromatic rings. The van der Waals surface area contributed by atoms with Crippen LogP contribution in [-0.2, 0) is 21.8 Å². The van der Waals surface area contributed by atoms with Crippen LogP contribution in [0.3, 0.4) is 0 Å². The Hall–Kier alpha value is -0.460. The van der Waals surface area contributed by atoms with Crippen LogP contribution in [-0.4, -0.2) is 30.9 Å². The fourth-order valence-corrected chi connectivity index (χ4v) is 6.50. The number of sulfone groups is 1.